The van der Waals surface area contributed by atoms with Gasteiger partial charge in [-0.25, -0.2) is 0 Å². The molecule has 2 unspecified atom stereocenters. The van der Waals surface area contributed by atoms with Crippen LogP contribution in [0.5, 0.6) is 5.75 Å². The fraction of sp³-hybridized carbons (Fsp3) is 0.647. The van der Waals surface area contributed by atoms with Crippen LogP contribution in [0.15, 0.2) is 24.3 Å². The van der Waals surface area contributed by atoms with Gasteiger partial charge in [0.25, 0.3) is 0 Å². The van der Waals surface area contributed by atoms with Gasteiger partial charge in [-0.05, 0) is 55.8 Å². The molecule has 1 N–H and O–H groups in total. The van der Waals surface area contributed by atoms with E-state index in [-0.39, 0.29) is 0 Å². The number of hydrogen-bond donors (Lipinski definition) is 1. The third-order valence-corrected chi connectivity index (χ3v) is 4.09. The van der Waals surface area contributed by atoms with Gasteiger partial charge >= 0.3 is 0 Å². The first kappa shape index (κ1) is 15.3. The highest BCUT2D eigenvalue weighted by atomic mass is 16.5. The van der Waals surface area contributed by atoms with E-state index < -0.39 is 0 Å². The zero-order chi connectivity index (χ0) is 14.2. The summed E-state index contributed by atoms with van der Waals surface area (Å²) in [5.74, 6) is 1.61. The van der Waals surface area contributed by atoms with Gasteiger partial charge in [-0.2, -0.15) is 0 Å². The molecule has 3 heteroatoms. The van der Waals surface area contributed by atoms with Crippen molar-refractivity contribution >= 4 is 0 Å². The lowest BCUT2D eigenvalue weighted by Crippen LogP contribution is -2.37. The number of benzene rings is 1. The highest BCUT2D eigenvalue weighted by Crippen LogP contribution is 2.21. The molecule has 3 nitrogen and oxygen atoms in total. The molecule has 1 aliphatic rings. The molecule has 1 saturated heterocycles. The molecule has 1 aromatic rings. The van der Waals surface area contributed by atoms with Crippen LogP contribution in [0.25, 0.3) is 0 Å². The molecule has 0 radical (unpaired) electrons. The van der Waals surface area contributed by atoms with E-state index in [0.717, 1.165) is 31.9 Å². The molecule has 0 saturated carbocycles. The molecule has 0 spiro atoms. The van der Waals surface area contributed by atoms with Crippen molar-refractivity contribution in [2.45, 2.75) is 38.6 Å². The van der Waals surface area contributed by atoms with Crippen molar-refractivity contribution in [1.82, 2.24) is 5.32 Å². The van der Waals surface area contributed by atoms with Gasteiger partial charge in [0.1, 0.15) is 5.75 Å². The lowest BCUT2D eigenvalue weighted by Gasteiger charge is -2.23. The summed E-state index contributed by atoms with van der Waals surface area (Å²) in [7, 11) is 1.71. The average molecular weight is 277 g/mol. The van der Waals surface area contributed by atoms with Crippen molar-refractivity contribution in [2.75, 3.05) is 26.9 Å². The van der Waals surface area contributed by atoms with Gasteiger partial charge in [0.05, 0.1) is 13.7 Å². The fourth-order valence-corrected chi connectivity index (χ4v) is 2.82. The summed E-state index contributed by atoms with van der Waals surface area (Å²) in [6.07, 6.45) is 4.68. The Morgan fingerprint density at radius 3 is 2.75 bits per heavy atom. The van der Waals surface area contributed by atoms with Gasteiger partial charge in [0.2, 0.25) is 0 Å². The van der Waals surface area contributed by atoms with Crippen molar-refractivity contribution in [3.63, 3.8) is 0 Å². The molecule has 2 atom stereocenters. The molecule has 0 amide bonds. The normalized spacial score (nSPS) is 20.0. The van der Waals surface area contributed by atoms with Crippen LogP contribution in [-0.4, -0.2) is 32.9 Å². The number of methoxy groups -OCH3 is 1. The maximum atomic E-state index is 5.54. The topological polar surface area (TPSA) is 30.5 Å². The fourth-order valence-electron chi connectivity index (χ4n) is 2.82. The van der Waals surface area contributed by atoms with Crippen LogP contribution in [0.4, 0.5) is 0 Å². The van der Waals surface area contributed by atoms with Gasteiger partial charge in [-0.3, -0.25) is 0 Å². The quantitative estimate of drug-likeness (QED) is 0.792. The lowest BCUT2D eigenvalue weighted by atomic mass is 9.93. The van der Waals surface area contributed by atoms with E-state index in [0.29, 0.717) is 12.0 Å². The summed E-state index contributed by atoms with van der Waals surface area (Å²) in [5, 5.41) is 3.70. The first-order chi connectivity index (χ1) is 9.83. The van der Waals surface area contributed by atoms with Crippen molar-refractivity contribution in [1.29, 1.82) is 0 Å². The monoisotopic (exact) mass is 277 g/mol. The molecular formula is C17H27NO2. The Hall–Kier alpha value is -1.06. The predicted octanol–water partition coefficient (Wildman–Crippen LogP) is 3.03. The van der Waals surface area contributed by atoms with E-state index in [4.69, 9.17) is 9.47 Å². The van der Waals surface area contributed by atoms with E-state index in [1.165, 1.54) is 24.8 Å². The molecule has 2 rings (SSSR count). The van der Waals surface area contributed by atoms with Crippen LogP contribution < -0.4 is 10.1 Å². The Balaban J connectivity index is 1.86. The number of nitrogens with one attached hydrogen (secondary N) is 1. The summed E-state index contributed by atoms with van der Waals surface area (Å²) >= 11 is 0. The van der Waals surface area contributed by atoms with Gasteiger partial charge in [-0.15, -0.1) is 0 Å². The summed E-state index contributed by atoms with van der Waals surface area (Å²) in [5.41, 5.74) is 1.38. The summed E-state index contributed by atoms with van der Waals surface area (Å²) in [4.78, 5) is 0. The second-order valence-corrected chi connectivity index (χ2v) is 5.57. The summed E-state index contributed by atoms with van der Waals surface area (Å²) in [6.45, 7) is 5.17. The molecule has 112 valence electrons. The maximum Gasteiger partial charge on any atom is 0.118 e. The van der Waals surface area contributed by atoms with E-state index in [1.54, 1.807) is 7.11 Å². The molecular weight excluding hydrogens is 250 g/mol. The maximum absolute atomic E-state index is 5.54. The van der Waals surface area contributed by atoms with Crippen molar-refractivity contribution in [3.8, 4) is 5.75 Å². The minimum Gasteiger partial charge on any atom is -0.497 e. The zero-order valence-electron chi connectivity index (χ0n) is 12.7. The van der Waals surface area contributed by atoms with Gasteiger partial charge in [0, 0.05) is 12.6 Å². The third kappa shape index (κ3) is 4.50. The van der Waals surface area contributed by atoms with Crippen molar-refractivity contribution in [3.05, 3.63) is 29.8 Å². The van der Waals surface area contributed by atoms with Crippen LogP contribution in [0.1, 0.15) is 31.7 Å². The predicted molar refractivity (Wildman–Crippen MR) is 82.3 cm³/mol. The van der Waals surface area contributed by atoms with Crippen molar-refractivity contribution in [2.24, 2.45) is 5.92 Å². The van der Waals surface area contributed by atoms with Crippen LogP contribution in [0.2, 0.25) is 0 Å². The number of ether oxygens (including phenoxy) is 2. The van der Waals surface area contributed by atoms with E-state index in [1.807, 2.05) is 12.1 Å². The SMILES string of the molecule is CCCNC(CCc1ccc(OC)cc1)C1CCOC1. The average Bonchev–Trinajstić information content (AvgIpc) is 3.02. The Morgan fingerprint density at radius 2 is 2.15 bits per heavy atom. The molecule has 1 heterocycles. The second-order valence-electron chi connectivity index (χ2n) is 5.57. The first-order valence-electron chi connectivity index (χ1n) is 7.77. The lowest BCUT2D eigenvalue weighted by molar-refractivity contribution is 0.175. The van der Waals surface area contributed by atoms with Crippen LogP contribution in [0.3, 0.4) is 0 Å². The minimum absolute atomic E-state index is 0.583. The molecule has 1 fully saturated rings. The molecule has 0 bridgehead atoms. The molecule has 20 heavy (non-hydrogen) atoms. The van der Waals surface area contributed by atoms with Crippen molar-refractivity contribution < 1.29 is 9.47 Å². The number of rotatable bonds is 8. The molecule has 0 aromatic heterocycles. The van der Waals surface area contributed by atoms with Gasteiger partial charge in [0.15, 0.2) is 0 Å². The Kier molecular flexibility index (Phi) is 6.34. The van der Waals surface area contributed by atoms with E-state index in [2.05, 4.69) is 24.4 Å². The highest BCUT2D eigenvalue weighted by Gasteiger charge is 2.24. The molecule has 1 aromatic carbocycles. The van der Waals surface area contributed by atoms with Gasteiger partial charge < -0.3 is 14.8 Å². The third-order valence-electron chi connectivity index (χ3n) is 4.09. The molecule has 0 aliphatic carbocycles. The van der Waals surface area contributed by atoms with E-state index in [9.17, 15) is 0 Å². The Morgan fingerprint density at radius 1 is 1.35 bits per heavy atom. The van der Waals surface area contributed by atoms with E-state index >= 15 is 0 Å². The number of aryl methyl sites for hydroxylation is 1. The van der Waals surface area contributed by atoms with Crippen LogP contribution in [-0.2, 0) is 11.2 Å². The van der Waals surface area contributed by atoms with Crippen LogP contribution >= 0.6 is 0 Å². The van der Waals surface area contributed by atoms with Gasteiger partial charge in [-0.1, -0.05) is 19.1 Å². The zero-order valence-corrected chi connectivity index (χ0v) is 12.7. The highest BCUT2D eigenvalue weighted by molar-refractivity contribution is 5.27. The standard InChI is InChI=1S/C17H27NO2/c1-3-11-18-17(15-10-12-20-13-15)9-6-14-4-7-16(19-2)8-5-14/h4-5,7-8,15,17-18H,3,6,9-13H2,1-2H3. The first-order valence-corrected chi connectivity index (χ1v) is 7.77. The summed E-state index contributed by atoms with van der Waals surface area (Å²) < 4.78 is 10.7. The number of hydrogen-bond acceptors (Lipinski definition) is 3. The minimum atomic E-state index is 0.583. The Labute approximate surface area is 122 Å². The van der Waals surface area contributed by atoms with Crippen LogP contribution in [0, 0.1) is 5.92 Å². The smallest absolute Gasteiger partial charge is 0.118 e. The Bertz CT molecular complexity index is 371. The second kappa shape index (κ2) is 8.28. The molecule has 1 aliphatic heterocycles. The summed E-state index contributed by atoms with van der Waals surface area (Å²) in [6, 6.07) is 9.01. The largest absolute Gasteiger partial charge is 0.497 e.